The van der Waals surface area contributed by atoms with Gasteiger partial charge in [-0.05, 0) is 12.7 Å². The van der Waals surface area contributed by atoms with Crippen LogP contribution in [0, 0.1) is 0 Å². The van der Waals surface area contributed by atoms with Crippen molar-refractivity contribution in [1.82, 2.24) is 5.32 Å². The number of methoxy groups -OCH3 is 1. The molecule has 0 saturated heterocycles. The summed E-state index contributed by atoms with van der Waals surface area (Å²) in [6.45, 7) is 4.09. The lowest BCUT2D eigenvalue weighted by molar-refractivity contribution is 0.0958. The minimum absolute atomic E-state index is 0.0870. The molecule has 0 spiro atoms. The number of thiophene rings is 1. The zero-order valence-corrected chi connectivity index (χ0v) is 14.1. The lowest BCUT2D eigenvalue weighted by atomic mass is 10.3. The van der Waals surface area contributed by atoms with Crippen LogP contribution in [0.5, 0.6) is 0 Å². The molecule has 114 valence electrons. The summed E-state index contributed by atoms with van der Waals surface area (Å²) in [5, 5.41) is 3.90. The third-order valence-electron chi connectivity index (χ3n) is 2.81. The van der Waals surface area contributed by atoms with E-state index in [1.165, 1.54) is 11.3 Å². The van der Waals surface area contributed by atoms with Crippen LogP contribution in [0.2, 0.25) is 0 Å². The van der Waals surface area contributed by atoms with Crippen molar-refractivity contribution in [2.24, 2.45) is 0 Å². The molecule has 0 unspecified atom stereocenters. The third-order valence-corrected chi connectivity index (χ3v) is 5.07. The van der Waals surface area contributed by atoms with Gasteiger partial charge in [0.2, 0.25) is 0 Å². The number of nitrogens with one attached hydrogen (secondary N) is 1. The second-order valence-corrected chi connectivity index (χ2v) is 6.17. The summed E-state index contributed by atoms with van der Waals surface area (Å²) in [7, 11) is 3.66. The van der Waals surface area contributed by atoms with E-state index >= 15 is 0 Å². The van der Waals surface area contributed by atoms with Gasteiger partial charge in [0.15, 0.2) is 0 Å². The molecule has 0 saturated carbocycles. The number of carbonyl (C=O) groups is 1. The highest BCUT2D eigenvalue weighted by atomic mass is 32.2. The van der Waals surface area contributed by atoms with Gasteiger partial charge in [0.1, 0.15) is 9.88 Å². The van der Waals surface area contributed by atoms with Crippen molar-refractivity contribution in [1.29, 1.82) is 0 Å². The van der Waals surface area contributed by atoms with E-state index in [2.05, 4.69) is 10.2 Å². The fourth-order valence-corrected chi connectivity index (χ4v) is 3.79. The van der Waals surface area contributed by atoms with Crippen molar-refractivity contribution in [3.63, 3.8) is 0 Å². The Bertz CT molecular complexity index is 449. The van der Waals surface area contributed by atoms with Crippen LogP contribution in [0.3, 0.4) is 0 Å². The van der Waals surface area contributed by atoms with Crippen molar-refractivity contribution in [3.05, 3.63) is 4.88 Å². The molecule has 1 amide bonds. The Morgan fingerprint density at radius 1 is 1.55 bits per heavy atom. The van der Waals surface area contributed by atoms with E-state index in [0.29, 0.717) is 23.7 Å². The zero-order chi connectivity index (χ0) is 15.1. The van der Waals surface area contributed by atoms with Crippen molar-refractivity contribution < 1.29 is 9.53 Å². The largest absolute Gasteiger partial charge is 0.396 e. The summed E-state index contributed by atoms with van der Waals surface area (Å²) in [6.07, 6.45) is 2.88. The van der Waals surface area contributed by atoms with Crippen LogP contribution < -0.4 is 16.0 Å². The Labute approximate surface area is 128 Å². The van der Waals surface area contributed by atoms with Crippen LogP contribution >= 0.6 is 23.1 Å². The number of anilines is 2. The maximum absolute atomic E-state index is 12.1. The predicted octanol–water partition coefficient (Wildman–Crippen LogP) is 2.27. The number of hydrogen-bond donors (Lipinski definition) is 2. The zero-order valence-electron chi connectivity index (χ0n) is 12.5. The van der Waals surface area contributed by atoms with Crippen LogP contribution in [0.4, 0.5) is 10.7 Å². The molecule has 1 rings (SSSR count). The quantitative estimate of drug-likeness (QED) is 0.720. The number of nitrogens with two attached hydrogens (primary N) is 1. The molecule has 0 aliphatic heterocycles. The minimum Gasteiger partial charge on any atom is -0.396 e. The number of amides is 1. The average Bonchev–Trinajstić information content (AvgIpc) is 2.79. The summed E-state index contributed by atoms with van der Waals surface area (Å²) in [6, 6.07) is 0. The molecule has 0 fully saturated rings. The number of nitrogen functional groups attached to an aromatic ring is 1. The van der Waals surface area contributed by atoms with Crippen LogP contribution in [-0.4, -0.2) is 46.0 Å². The number of likely N-dealkylation sites (N-methyl/N-ethyl adjacent to an activating group) is 1. The molecule has 0 aliphatic carbocycles. The highest BCUT2D eigenvalue weighted by Crippen LogP contribution is 2.43. The Balaban J connectivity index is 2.98. The lowest BCUT2D eigenvalue weighted by Gasteiger charge is -2.18. The van der Waals surface area contributed by atoms with Gasteiger partial charge in [-0.15, -0.1) is 23.1 Å². The summed E-state index contributed by atoms with van der Waals surface area (Å²) < 4.78 is 5.09. The number of ether oxygens (including phenoxy) is 1. The van der Waals surface area contributed by atoms with E-state index < -0.39 is 0 Å². The van der Waals surface area contributed by atoms with Crippen LogP contribution in [-0.2, 0) is 4.74 Å². The first-order chi connectivity index (χ1) is 9.56. The third kappa shape index (κ3) is 4.04. The first-order valence-corrected chi connectivity index (χ1v) is 8.55. The molecule has 1 heterocycles. The van der Waals surface area contributed by atoms with Crippen molar-refractivity contribution in [2.75, 3.05) is 50.7 Å². The molecule has 1 aromatic heterocycles. The van der Waals surface area contributed by atoms with Gasteiger partial charge in [0.05, 0.1) is 17.2 Å². The Morgan fingerprint density at radius 3 is 2.80 bits per heavy atom. The summed E-state index contributed by atoms with van der Waals surface area (Å²) in [4.78, 5) is 15.8. The fraction of sp³-hybridized carbons (Fsp3) is 0.615. The number of hydrogen-bond acceptors (Lipinski definition) is 6. The monoisotopic (exact) mass is 317 g/mol. The summed E-state index contributed by atoms with van der Waals surface area (Å²) in [5.41, 5.74) is 6.70. The molecular weight excluding hydrogens is 294 g/mol. The van der Waals surface area contributed by atoms with Crippen molar-refractivity contribution in [3.8, 4) is 0 Å². The number of rotatable bonds is 8. The molecule has 3 N–H and O–H groups in total. The van der Waals surface area contributed by atoms with E-state index in [4.69, 9.17) is 10.5 Å². The molecule has 0 aromatic carbocycles. The summed E-state index contributed by atoms with van der Waals surface area (Å²) >= 11 is 3.01. The normalized spacial score (nSPS) is 10.6. The maximum Gasteiger partial charge on any atom is 0.263 e. The van der Waals surface area contributed by atoms with Crippen LogP contribution in [0.25, 0.3) is 0 Å². The van der Waals surface area contributed by atoms with E-state index in [-0.39, 0.29) is 5.91 Å². The number of thioether (sulfide) groups is 1. The molecule has 0 bridgehead atoms. The van der Waals surface area contributed by atoms with E-state index in [1.54, 1.807) is 18.9 Å². The average molecular weight is 317 g/mol. The Kier molecular flexibility index (Phi) is 7.18. The molecule has 1 aromatic rings. The van der Waals surface area contributed by atoms with Crippen LogP contribution in [0.15, 0.2) is 4.90 Å². The number of carbonyl (C=O) groups excluding carboxylic acids is 1. The second kappa shape index (κ2) is 8.39. The predicted molar refractivity (Wildman–Crippen MR) is 88.3 cm³/mol. The molecular formula is C13H23N3O2S2. The molecule has 0 aliphatic rings. The van der Waals surface area contributed by atoms with Gasteiger partial charge in [-0.1, -0.05) is 6.92 Å². The van der Waals surface area contributed by atoms with Gasteiger partial charge >= 0.3 is 0 Å². The van der Waals surface area contributed by atoms with E-state index in [0.717, 1.165) is 22.9 Å². The topological polar surface area (TPSA) is 67.6 Å². The van der Waals surface area contributed by atoms with E-state index in [1.807, 2.05) is 20.2 Å². The first kappa shape index (κ1) is 17.1. The van der Waals surface area contributed by atoms with Gasteiger partial charge in [-0.25, -0.2) is 0 Å². The Morgan fingerprint density at radius 2 is 2.25 bits per heavy atom. The molecule has 0 radical (unpaired) electrons. The fourth-order valence-electron chi connectivity index (χ4n) is 1.68. The van der Waals surface area contributed by atoms with Gasteiger partial charge in [0, 0.05) is 27.2 Å². The molecule has 20 heavy (non-hydrogen) atoms. The van der Waals surface area contributed by atoms with E-state index in [9.17, 15) is 4.79 Å². The molecule has 5 nitrogen and oxygen atoms in total. The maximum atomic E-state index is 12.1. The first-order valence-electron chi connectivity index (χ1n) is 6.51. The van der Waals surface area contributed by atoms with Gasteiger partial charge in [0.25, 0.3) is 5.91 Å². The molecule has 0 atom stereocenters. The Hall–Kier alpha value is -0.920. The van der Waals surface area contributed by atoms with Crippen molar-refractivity contribution >= 4 is 39.7 Å². The second-order valence-electron chi connectivity index (χ2n) is 4.35. The minimum atomic E-state index is -0.0870. The number of nitrogens with zero attached hydrogens (tertiary/aromatic N) is 1. The van der Waals surface area contributed by atoms with Gasteiger partial charge in [-0.3, -0.25) is 4.79 Å². The molecule has 7 heteroatoms. The van der Waals surface area contributed by atoms with Gasteiger partial charge < -0.3 is 20.7 Å². The van der Waals surface area contributed by atoms with Crippen LogP contribution in [0.1, 0.15) is 23.0 Å². The van der Waals surface area contributed by atoms with Gasteiger partial charge in [-0.2, -0.15) is 0 Å². The highest BCUT2D eigenvalue weighted by Gasteiger charge is 2.22. The highest BCUT2D eigenvalue weighted by molar-refractivity contribution is 7.99. The lowest BCUT2D eigenvalue weighted by Crippen LogP contribution is -2.23. The SMILES string of the molecule is CCCNC(=O)c1sc(N(C)CCOC)c(SC)c1N. The van der Waals surface area contributed by atoms with Crippen molar-refractivity contribution in [2.45, 2.75) is 18.2 Å². The summed E-state index contributed by atoms with van der Waals surface area (Å²) in [5.74, 6) is -0.0870. The standard InChI is InChI=1S/C13H23N3O2S2/c1-5-6-15-12(17)10-9(14)11(19-4)13(20-10)16(2)7-8-18-3/h5-8,14H2,1-4H3,(H,15,17). The smallest absolute Gasteiger partial charge is 0.263 e.